The second-order valence-electron chi connectivity index (χ2n) is 4.21. The van der Waals surface area contributed by atoms with Crippen molar-refractivity contribution < 1.29 is 9.53 Å². The monoisotopic (exact) mass is 272 g/mol. The maximum absolute atomic E-state index is 11.7. The van der Waals surface area contributed by atoms with Crippen LogP contribution in [0.3, 0.4) is 0 Å². The summed E-state index contributed by atoms with van der Waals surface area (Å²) in [5, 5.41) is 2.76. The molecule has 20 heavy (non-hydrogen) atoms. The molecule has 0 aliphatic rings. The number of rotatable bonds is 6. The number of amides is 1. The van der Waals surface area contributed by atoms with Gasteiger partial charge in [0.15, 0.2) is 0 Å². The molecule has 0 spiro atoms. The number of ether oxygens (including phenoxy) is 1. The van der Waals surface area contributed by atoms with Gasteiger partial charge in [0.2, 0.25) is 5.56 Å². The molecule has 1 amide bonds. The zero-order chi connectivity index (χ0) is 14.2. The molecule has 2 rings (SSSR count). The van der Waals surface area contributed by atoms with Gasteiger partial charge in [-0.05, 0) is 24.6 Å². The molecule has 0 fully saturated rings. The number of hydrogen-bond donors (Lipinski definition) is 2. The van der Waals surface area contributed by atoms with Crippen molar-refractivity contribution in [2.24, 2.45) is 0 Å². The van der Waals surface area contributed by atoms with Gasteiger partial charge in [0, 0.05) is 18.8 Å². The van der Waals surface area contributed by atoms with Gasteiger partial charge < -0.3 is 15.0 Å². The molecule has 0 atom stereocenters. The fourth-order valence-electron chi connectivity index (χ4n) is 1.63. The fraction of sp³-hybridized carbons (Fsp3) is 0.200. The molecule has 5 nitrogen and oxygen atoms in total. The second kappa shape index (κ2) is 7.13. The molecule has 1 heterocycles. The predicted molar refractivity (Wildman–Crippen MR) is 75.9 cm³/mol. The Morgan fingerprint density at radius 3 is 2.65 bits per heavy atom. The highest BCUT2D eigenvalue weighted by atomic mass is 16.5. The SMILES string of the molecule is O=C(NCCCOc1ccccc1)c1ccc(=O)[nH]c1. The van der Waals surface area contributed by atoms with Crippen LogP contribution in [-0.2, 0) is 0 Å². The number of carbonyl (C=O) groups is 1. The maximum Gasteiger partial charge on any atom is 0.252 e. The first kappa shape index (κ1) is 13.9. The molecule has 0 unspecified atom stereocenters. The summed E-state index contributed by atoms with van der Waals surface area (Å²) in [5.41, 5.74) is 0.214. The first-order chi connectivity index (χ1) is 9.75. The number of aromatic amines is 1. The molecule has 0 aliphatic heterocycles. The summed E-state index contributed by atoms with van der Waals surface area (Å²) in [6.45, 7) is 1.06. The number of benzene rings is 1. The average Bonchev–Trinajstić information content (AvgIpc) is 2.48. The van der Waals surface area contributed by atoms with Gasteiger partial charge in [0.05, 0.1) is 12.2 Å². The van der Waals surface area contributed by atoms with Crippen LogP contribution in [0.15, 0.2) is 53.5 Å². The summed E-state index contributed by atoms with van der Waals surface area (Å²) in [7, 11) is 0. The summed E-state index contributed by atoms with van der Waals surface area (Å²) < 4.78 is 5.51. The van der Waals surface area contributed by atoms with Crippen LogP contribution < -0.4 is 15.6 Å². The lowest BCUT2D eigenvalue weighted by atomic mass is 10.2. The highest BCUT2D eigenvalue weighted by molar-refractivity contribution is 5.93. The van der Waals surface area contributed by atoms with E-state index in [-0.39, 0.29) is 11.5 Å². The van der Waals surface area contributed by atoms with E-state index >= 15 is 0 Å². The van der Waals surface area contributed by atoms with Crippen molar-refractivity contribution >= 4 is 5.91 Å². The van der Waals surface area contributed by atoms with Gasteiger partial charge in [-0.25, -0.2) is 0 Å². The van der Waals surface area contributed by atoms with Gasteiger partial charge in [-0.1, -0.05) is 18.2 Å². The third-order valence-electron chi connectivity index (χ3n) is 2.66. The van der Waals surface area contributed by atoms with Crippen LogP contribution in [0.2, 0.25) is 0 Å². The molecular weight excluding hydrogens is 256 g/mol. The Hall–Kier alpha value is -2.56. The standard InChI is InChI=1S/C15H16N2O3/c18-14-8-7-12(11-17-14)15(19)16-9-4-10-20-13-5-2-1-3-6-13/h1-3,5-8,11H,4,9-10H2,(H,16,19)(H,17,18). The Labute approximate surface area is 116 Å². The Kier molecular flexibility index (Phi) is 4.94. The van der Waals surface area contributed by atoms with Crippen LogP contribution in [-0.4, -0.2) is 24.0 Å². The molecule has 2 N–H and O–H groups in total. The lowest BCUT2D eigenvalue weighted by Gasteiger charge is -2.07. The molecule has 0 aliphatic carbocycles. The minimum Gasteiger partial charge on any atom is -0.494 e. The van der Waals surface area contributed by atoms with Gasteiger partial charge in [0.25, 0.3) is 5.91 Å². The summed E-state index contributed by atoms with van der Waals surface area (Å²) >= 11 is 0. The Balaban J connectivity index is 1.67. The third-order valence-corrected chi connectivity index (χ3v) is 2.66. The van der Waals surface area contributed by atoms with Crippen molar-refractivity contribution in [1.29, 1.82) is 0 Å². The molecule has 1 aromatic carbocycles. The van der Waals surface area contributed by atoms with Gasteiger partial charge in [-0.15, -0.1) is 0 Å². The zero-order valence-corrected chi connectivity index (χ0v) is 11.0. The Morgan fingerprint density at radius 1 is 1.15 bits per heavy atom. The first-order valence-electron chi connectivity index (χ1n) is 6.40. The van der Waals surface area contributed by atoms with E-state index in [4.69, 9.17) is 4.74 Å². The topological polar surface area (TPSA) is 71.2 Å². The Bertz CT molecular complexity index is 588. The van der Waals surface area contributed by atoms with Gasteiger partial charge in [-0.3, -0.25) is 9.59 Å². The van der Waals surface area contributed by atoms with Crippen molar-refractivity contribution in [3.63, 3.8) is 0 Å². The van der Waals surface area contributed by atoms with Crippen LogP contribution in [0.25, 0.3) is 0 Å². The van der Waals surface area contributed by atoms with Crippen molar-refractivity contribution in [2.75, 3.05) is 13.2 Å². The van der Waals surface area contributed by atoms with Gasteiger partial charge in [-0.2, -0.15) is 0 Å². The van der Waals surface area contributed by atoms with E-state index < -0.39 is 0 Å². The number of para-hydroxylation sites is 1. The Morgan fingerprint density at radius 2 is 1.95 bits per heavy atom. The van der Waals surface area contributed by atoms with E-state index in [2.05, 4.69) is 10.3 Å². The van der Waals surface area contributed by atoms with Crippen LogP contribution in [0.1, 0.15) is 16.8 Å². The number of H-pyrrole nitrogens is 1. The van der Waals surface area contributed by atoms with Crippen molar-refractivity contribution in [2.45, 2.75) is 6.42 Å². The lowest BCUT2D eigenvalue weighted by molar-refractivity contribution is 0.0951. The highest BCUT2D eigenvalue weighted by Gasteiger charge is 2.03. The third kappa shape index (κ3) is 4.28. The largest absolute Gasteiger partial charge is 0.494 e. The van der Waals surface area contributed by atoms with E-state index in [1.54, 1.807) is 0 Å². The second-order valence-corrected chi connectivity index (χ2v) is 4.21. The number of hydrogen-bond acceptors (Lipinski definition) is 3. The molecule has 0 bridgehead atoms. The molecule has 5 heteroatoms. The molecular formula is C15H16N2O3. The van der Waals surface area contributed by atoms with E-state index in [0.29, 0.717) is 25.1 Å². The van der Waals surface area contributed by atoms with E-state index in [9.17, 15) is 9.59 Å². The normalized spacial score (nSPS) is 10.0. The number of aromatic nitrogens is 1. The summed E-state index contributed by atoms with van der Waals surface area (Å²) in [6, 6.07) is 12.3. The minimum atomic E-state index is -0.224. The zero-order valence-electron chi connectivity index (χ0n) is 11.0. The summed E-state index contributed by atoms with van der Waals surface area (Å²) in [6.07, 6.45) is 2.11. The van der Waals surface area contributed by atoms with Gasteiger partial charge in [0.1, 0.15) is 5.75 Å². The molecule has 0 saturated carbocycles. The van der Waals surface area contributed by atoms with Crippen LogP contribution in [0.4, 0.5) is 0 Å². The first-order valence-corrected chi connectivity index (χ1v) is 6.40. The maximum atomic E-state index is 11.7. The molecule has 2 aromatic rings. The van der Waals surface area contributed by atoms with Crippen molar-refractivity contribution in [1.82, 2.24) is 10.3 Å². The molecule has 104 valence electrons. The number of carbonyl (C=O) groups excluding carboxylic acids is 1. The predicted octanol–water partition coefficient (Wildman–Crippen LogP) is 1.57. The number of nitrogens with one attached hydrogen (secondary N) is 2. The minimum absolute atomic E-state index is 0.207. The van der Waals surface area contributed by atoms with E-state index in [0.717, 1.165) is 5.75 Å². The quantitative estimate of drug-likeness (QED) is 0.784. The lowest BCUT2D eigenvalue weighted by Crippen LogP contribution is -2.26. The van der Waals surface area contributed by atoms with Crippen molar-refractivity contribution in [3.8, 4) is 5.75 Å². The van der Waals surface area contributed by atoms with Crippen LogP contribution in [0.5, 0.6) is 5.75 Å². The average molecular weight is 272 g/mol. The van der Waals surface area contributed by atoms with Crippen LogP contribution in [0, 0.1) is 0 Å². The highest BCUT2D eigenvalue weighted by Crippen LogP contribution is 2.08. The molecule has 1 aromatic heterocycles. The fourth-order valence-corrected chi connectivity index (χ4v) is 1.63. The molecule has 0 saturated heterocycles. The smallest absolute Gasteiger partial charge is 0.252 e. The van der Waals surface area contributed by atoms with E-state index in [1.165, 1.54) is 18.3 Å². The summed E-state index contributed by atoms with van der Waals surface area (Å²) in [4.78, 5) is 25.1. The molecule has 0 radical (unpaired) electrons. The summed E-state index contributed by atoms with van der Waals surface area (Å²) in [5.74, 6) is 0.612. The van der Waals surface area contributed by atoms with E-state index in [1.807, 2.05) is 30.3 Å². The number of pyridine rings is 1. The van der Waals surface area contributed by atoms with Gasteiger partial charge >= 0.3 is 0 Å². The van der Waals surface area contributed by atoms with Crippen molar-refractivity contribution in [3.05, 3.63) is 64.6 Å². The van der Waals surface area contributed by atoms with Crippen LogP contribution >= 0.6 is 0 Å².